The number of rotatable bonds is 6. The van der Waals surface area contributed by atoms with Crippen LogP contribution in [0.25, 0.3) is 0 Å². The number of ether oxygens (including phenoxy) is 3. The van der Waals surface area contributed by atoms with Crippen molar-refractivity contribution in [3.63, 3.8) is 0 Å². The Morgan fingerprint density at radius 3 is 2.15 bits per heavy atom. The molecule has 1 aromatic carbocycles. The van der Waals surface area contributed by atoms with Crippen LogP contribution in [0.1, 0.15) is 22.8 Å². The van der Waals surface area contributed by atoms with Gasteiger partial charge in [-0.2, -0.15) is 5.48 Å². The smallest absolute Gasteiger partial charge is 0.357 e. The highest BCUT2D eigenvalue weighted by atomic mass is 35.5. The van der Waals surface area contributed by atoms with E-state index >= 15 is 0 Å². The Labute approximate surface area is 124 Å². The Bertz CT molecular complexity index is 465. The molecule has 0 aliphatic heterocycles. The number of nitrogens with one attached hydrogen (secondary N) is 1. The van der Waals surface area contributed by atoms with Gasteiger partial charge in [0.1, 0.15) is 0 Å². The summed E-state index contributed by atoms with van der Waals surface area (Å²) in [5, 5.41) is 0. The van der Waals surface area contributed by atoms with E-state index in [4.69, 9.17) is 19.0 Å². The highest BCUT2D eigenvalue weighted by Gasteiger charge is 2.23. The molecule has 0 atom stereocenters. The second-order valence-electron chi connectivity index (χ2n) is 3.62. The minimum Gasteiger partial charge on any atom is -0.493 e. The van der Waals surface area contributed by atoms with Crippen LogP contribution >= 0.6 is 12.4 Å². The van der Waals surface area contributed by atoms with Gasteiger partial charge in [0.15, 0.2) is 11.5 Å². The monoisotopic (exact) mass is 305 g/mol. The lowest BCUT2D eigenvalue weighted by Gasteiger charge is -2.18. The normalized spacial score (nSPS) is 9.45. The Morgan fingerprint density at radius 2 is 1.75 bits per heavy atom. The van der Waals surface area contributed by atoms with Gasteiger partial charge in [-0.3, -0.25) is 0 Å². The molecule has 0 saturated heterocycles. The molecule has 1 aromatic rings. The average molecular weight is 306 g/mol. The summed E-state index contributed by atoms with van der Waals surface area (Å²) in [4.78, 5) is 16.7. The lowest BCUT2D eigenvalue weighted by atomic mass is 10.0. The van der Waals surface area contributed by atoms with Crippen molar-refractivity contribution in [2.75, 3.05) is 28.4 Å². The first-order valence-electron chi connectivity index (χ1n) is 5.84. The molecule has 0 bridgehead atoms. The Hall–Kier alpha value is -1.66. The van der Waals surface area contributed by atoms with Crippen molar-refractivity contribution >= 4 is 18.4 Å². The van der Waals surface area contributed by atoms with Gasteiger partial charge in [-0.05, 0) is 12.5 Å². The van der Waals surface area contributed by atoms with Crippen LogP contribution in [-0.2, 0) is 11.3 Å². The number of halogens is 1. The van der Waals surface area contributed by atoms with Crippen LogP contribution in [0.5, 0.6) is 17.2 Å². The van der Waals surface area contributed by atoms with Gasteiger partial charge in [0.25, 0.3) is 0 Å². The van der Waals surface area contributed by atoms with Crippen molar-refractivity contribution in [1.29, 1.82) is 0 Å². The van der Waals surface area contributed by atoms with Crippen molar-refractivity contribution in [3.05, 3.63) is 17.2 Å². The first kappa shape index (κ1) is 18.3. The third kappa shape index (κ3) is 3.46. The summed E-state index contributed by atoms with van der Waals surface area (Å²) in [6.07, 6.45) is 0.595. The Balaban J connectivity index is 0.00000361. The molecule has 0 aromatic heterocycles. The first-order valence-corrected chi connectivity index (χ1v) is 5.84. The van der Waals surface area contributed by atoms with Crippen LogP contribution in [0, 0.1) is 0 Å². The zero-order chi connectivity index (χ0) is 14.4. The second kappa shape index (κ2) is 8.50. The van der Waals surface area contributed by atoms with Crippen LogP contribution in [0.3, 0.4) is 0 Å². The van der Waals surface area contributed by atoms with E-state index in [9.17, 15) is 4.79 Å². The molecule has 0 saturated carbocycles. The summed E-state index contributed by atoms with van der Waals surface area (Å²) in [5.41, 5.74) is 3.45. The SMILES string of the molecule is CCc1c(C(=O)ONC)cc(OC)c(OC)c1OC.Cl. The van der Waals surface area contributed by atoms with E-state index in [0.717, 1.165) is 0 Å². The maximum Gasteiger partial charge on any atom is 0.357 e. The molecule has 114 valence electrons. The van der Waals surface area contributed by atoms with E-state index in [2.05, 4.69) is 5.48 Å². The quantitative estimate of drug-likeness (QED) is 0.811. The number of carbonyl (C=O) groups excluding carboxylic acids is 1. The van der Waals surface area contributed by atoms with E-state index in [0.29, 0.717) is 34.8 Å². The van der Waals surface area contributed by atoms with Gasteiger partial charge in [0, 0.05) is 12.6 Å². The molecule has 0 aliphatic rings. The average Bonchev–Trinajstić information content (AvgIpc) is 2.44. The summed E-state index contributed by atoms with van der Waals surface area (Å²) in [7, 11) is 6.05. The molecule has 0 amide bonds. The standard InChI is InChI=1S/C13H19NO5.ClH/c1-6-8-9(13(15)19-14-2)7-10(16-3)12(18-5)11(8)17-4;/h7,14H,6H2,1-5H3;1H. The number of hydroxylamine groups is 1. The van der Waals surface area contributed by atoms with Crippen molar-refractivity contribution in [3.8, 4) is 17.2 Å². The largest absolute Gasteiger partial charge is 0.493 e. The highest BCUT2D eigenvalue weighted by molar-refractivity contribution is 5.93. The van der Waals surface area contributed by atoms with Crippen LogP contribution in [0.15, 0.2) is 6.07 Å². The maximum absolute atomic E-state index is 11.9. The van der Waals surface area contributed by atoms with E-state index < -0.39 is 5.97 Å². The predicted octanol–water partition coefficient (Wildman–Crippen LogP) is 1.99. The summed E-state index contributed by atoms with van der Waals surface area (Å²) in [6.45, 7) is 1.92. The number of hydrogen-bond donors (Lipinski definition) is 1. The summed E-state index contributed by atoms with van der Waals surface area (Å²) < 4.78 is 15.8. The van der Waals surface area contributed by atoms with Gasteiger partial charge in [-0.25, -0.2) is 4.79 Å². The van der Waals surface area contributed by atoms with Crippen LogP contribution in [0.4, 0.5) is 0 Å². The highest BCUT2D eigenvalue weighted by Crippen LogP contribution is 2.42. The number of carbonyl (C=O) groups is 1. The Kier molecular flexibility index (Phi) is 7.79. The van der Waals surface area contributed by atoms with Crippen LogP contribution in [-0.4, -0.2) is 34.3 Å². The molecule has 0 heterocycles. The minimum absolute atomic E-state index is 0. The van der Waals surface area contributed by atoms with Crippen molar-refractivity contribution in [2.45, 2.75) is 13.3 Å². The van der Waals surface area contributed by atoms with Crippen molar-refractivity contribution < 1.29 is 23.8 Å². The van der Waals surface area contributed by atoms with E-state index in [1.807, 2.05) is 6.92 Å². The second-order valence-corrected chi connectivity index (χ2v) is 3.62. The number of hydrogen-bond acceptors (Lipinski definition) is 6. The van der Waals surface area contributed by atoms with E-state index in [1.54, 1.807) is 6.07 Å². The number of methoxy groups -OCH3 is 3. The van der Waals surface area contributed by atoms with Gasteiger partial charge in [0.2, 0.25) is 5.75 Å². The molecule has 20 heavy (non-hydrogen) atoms. The van der Waals surface area contributed by atoms with Gasteiger partial charge >= 0.3 is 5.97 Å². The number of benzene rings is 1. The zero-order valence-corrected chi connectivity index (χ0v) is 13.1. The van der Waals surface area contributed by atoms with Gasteiger partial charge in [0.05, 0.1) is 26.9 Å². The fourth-order valence-corrected chi connectivity index (χ4v) is 1.90. The molecule has 0 radical (unpaired) electrons. The maximum atomic E-state index is 11.9. The summed E-state index contributed by atoms with van der Waals surface area (Å²) in [6, 6.07) is 1.58. The third-order valence-electron chi connectivity index (χ3n) is 2.70. The topological polar surface area (TPSA) is 66.0 Å². The predicted molar refractivity (Wildman–Crippen MR) is 77.2 cm³/mol. The summed E-state index contributed by atoms with van der Waals surface area (Å²) >= 11 is 0. The minimum atomic E-state index is -0.501. The van der Waals surface area contributed by atoms with Crippen molar-refractivity contribution in [1.82, 2.24) is 5.48 Å². The molecule has 6 nitrogen and oxygen atoms in total. The molecular formula is C13H20ClNO5. The molecule has 0 spiro atoms. The van der Waals surface area contributed by atoms with Gasteiger partial charge in [-0.15, -0.1) is 12.4 Å². The van der Waals surface area contributed by atoms with Crippen molar-refractivity contribution in [2.24, 2.45) is 0 Å². The fourth-order valence-electron chi connectivity index (χ4n) is 1.90. The molecule has 0 unspecified atom stereocenters. The molecule has 7 heteroatoms. The van der Waals surface area contributed by atoms with Crippen LogP contribution < -0.4 is 19.7 Å². The van der Waals surface area contributed by atoms with E-state index in [1.165, 1.54) is 28.4 Å². The van der Waals surface area contributed by atoms with E-state index in [-0.39, 0.29) is 12.4 Å². The molecule has 1 N–H and O–H groups in total. The lowest BCUT2D eigenvalue weighted by molar-refractivity contribution is 0.0307. The zero-order valence-electron chi connectivity index (χ0n) is 12.2. The third-order valence-corrected chi connectivity index (χ3v) is 2.70. The molecule has 1 rings (SSSR count). The molecule has 0 fully saturated rings. The lowest BCUT2D eigenvalue weighted by Crippen LogP contribution is -2.17. The van der Waals surface area contributed by atoms with Crippen LogP contribution in [0.2, 0.25) is 0 Å². The summed E-state index contributed by atoms with van der Waals surface area (Å²) in [5.74, 6) is 0.855. The fraction of sp³-hybridized carbons (Fsp3) is 0.462. The molecular weight excluding hydrogens is 286 g/mol. The van der Waals surface area contributed by atoms with Gasteiger partial charge in [-0.1, -0.05) is 6.92 Å². The molecule has 0 aliphatic carbocycles. The van der Waals surface area contributed by atoms with Gasteiger partial charge < -0.3 is 19.0 Å². The Morgan fingerprint density at radius 1 is 1.15 bits per heavy atom. The first-order chi connectivity index (χ1) is 9.14.